The Hall–Kier alpha value is -1.20. The first kappa shape index (κ1) is 13.9. The van der Waals surface area contributed by atoms with Gasteiger partial charge in [-0.25, -0.2) is 8.78 Å². The highest BCUT2D eigenvalue weighted by molar-refractivity contribution is 5.25. The molecule has 1 aromatic carbocycles. The number of hydrogen-bond acceptors (Lipinski definition) is 3. The van der Waals surface area contributed by atoms with Crippen molar-refractivity contribution in [1.82, 2.24) is 0 Å². The van der Waals surface area contributed by atoms with Crippen LogP contribution in [0, 0.1) is 11.6 Å². The summed E-state index contributed by atoms with van der Waals surface area (Å²) in [5.41, 5.74) is 4.38. The molecule has 0 fully saturated rings. The van der Waals surface area contributed by atoms with Crippen LogP contribution in [0.1, 0.15) is 19.8 Å². The molecular weight excluding hydrogens is 228 g/mol. The first-order valence-electron chi connectivity index (χ1n) is 5.45. The van der Waals surface area contributed by atoms with Crippen LogP contribution in [0.2, 0.25) is 0 Å². The molecule has 0 heterocycles. The largest absolute Gasteiger partial charge is 0.488 e. The molecule has 0 aromatic heterocycles. The van der Waals surface area contributed by atoms with Gasteiger partial charge in [-0.05, 0) is 31.9 Å². The minimum atomic E-state index is -0.961. The lowest BCUT2D eigenvalue weighted by atomic mass is 10.0. The van der Waals surface area contributed by atoms with Crippen molar-refractivity contribution in [3.05, 3.63) is 29.8 Å². The smallest absolute Gasteiger partial charge is 0.190 e. The maximum atomic E-state index is 13.1. The molecule has 96 valence electrons. The quantitative estimate of drug-likeness (QED) is 0.752. The van der Waals surface area contributed by atoms with Crippen molar-refractivity contribution in [2.75, 3.05) is 13.2 Å². The van der Waals surface area contributed by atoms with E-state index in [1.807, 2.05) is 0 Å². The van der Waals surface area contributed by atoms with Gasteiger partial charge in [0, 0.05) is 6.54 Å². The van der Waals surface area contributed by atoms with Crippen molar-refractivity contribution in [2.45, 2.75) is 25.4 Å². The van der Waals surface area contributed by atoms with E-state index in [1.165, 1.54) is 6.07 Å². The number of halogens is 2. The summed E-state index contributed by atoms with van der Waals surface area (Å²) >= 11 is 0. The van der Waals surface area contributed by atoms with E-state index in [-0.39, 0.29) is 18.9 Å². The van der Waals surface area contributed by atoms with E-state index in [0.29, 0.717) is 12.8 Å². The summed E-state index contributed by atoms with van der Waals surface area (Å²) in [6.45, 7) is 1.88. The first-order valence-corrected chi connectivity index (χ1v) is 5.45. The lowest BCUT2D eigenvalue weighted by Crippen LogP contribution is -2.34. The van der Waals surface area contributed by atoms with Gasteiger partial charge < -0.3 is 15.6 Å². The van der Waals surface area contributed by atoms with Crippen LogP contribution < -0.4 is 10.5 Å². The van der Waals surface area contributed by atoms with Gasteiger partial charge in [0.2, 0.25) is 0 Å². The highest BCUT2D eigenvalue weighted by atomic mass is 19.1. The average Bonchev–Trinajstić information content (AvgIpc) is 2.27. The predicted molar refractivity (Wildman–Crippen MR) is 60.8 cm³/mol. The first-order chi connectivity index (χ1) is 7.96. The number of aliphatic hydroxyl groups is 1. The van der Waals surface area contributed by atoms with Crippen LogP contribution in [0.4, 0.5) is 8.78 Å². The third kappa shape index (κ3) is 4.28. The molecule has 0 saturated heterocycles. The zero-order chi connectivity index (χ0) is 12.9. The summed E-state index contributed by atoms with van der Waals surface area (Å²) in [5.74, 6) is -1.83. The van der Waals surface area contributed by atoms with Crippen molar-refractivity contribution in [3.8, 4) is 5.75 Å². The molecule has 5 heteroatoms. The topological polar surface area (TPSA) is 55.5 Å². The summed E-state index contributed by atoms with van der Waals surface area (Å²) < 4.78 is 31.3. The average molecular weight is 245 g/mol. The Kier molecular flexibility index (Phi) is 4.84. The van der Waals surface area contributed by atoms with Gasteiger partial charge in [0.05, 0.1) is 12.2 Å². The fraction of sp³-hybridized carbons (Fsp3) is 0.500. The van der Waals surface area contributed by atoms with Gasteiger partial charge >= 0.3 is 0 Å². The Morgan fingerprint density at radius 1 is 1.35 bits per heavy atom. The van der Waals surface area contributed by atoms with Crippen LogP contribution in [0.25, 0.3) is 0 Å². The molecule has 0 bridgehead atoms. The Morgan fingerprint density at radius 3 is 2.47 bits per heavy atom. The fourth-order valence-corrected chi connectivity index (χ4v) is 1.35. The molecule has 1 rings (SSSR count). The number of hydrogen-bond donors (Lipinski definition) is 2. The summed E-state index contributed by atoms with van der Waals surface area (Å²) in [6, 6.07) is 3.54. The predicted octanol–water partition coefficient (Wildman–Crippen LogP) is 1.83. The van der Waals surface area contributed by atoms with Crippen molar-refractivity contribution >= 4 is 0 Å². The van der Waals surface area contributed by atoms with E-state index >= 15 is 0 Å². The van der Waals surface area contributed by atoms with E-state index in [2.05, 4.69) is 0 Å². The van der Waals surface area contributed by atoms with Gasteiger partial charge in [-0.2, -0.15) is 0 Å². The molecule has 1 aromatic rings. The van der Waals surface area contributed by atoms with Gasteiger partial charge in [0.1, 0.15) is 0 Å². The zero-order valence-electron chi connectivity index (χ0n) is 9.75. The van der Waals surface area contributed by atoms with E-state index < -0.39 is 17.2 Å². The van der Waals surface area contributed by atoms with Crippen LogP contribution >= 0.6 is 0 Å². The molecule has 0 saturated carbocycles. The summed E-state index contributed by atoms with van der Waals surface area (Å²) in [6.07, 6.45) is 0.886. The summed E-state index contributed by atoms with van der Waals surface area (Å²) in [4.78, 5) is 0. The third-order valence-electron chi connectivity index (χ3n) is 2.46. The summed E-state index contributed by atoms with van der Waals surface area (Å²) in [5, 5.41) is 9.60. The minimum absolute atomic E-state index is 0.133. The van der Waals surface area contributed by atoms with Crippen molar-refractivity contribution in [2.24, 2.45) is 5.73 Å². The molecule has 0 amide bonds. The molecule has 0 aliphatic rings. The molecule has 0 radical (unpaired) electrons. The van der Waals surface area contributed by atoms with Crippen molar-refractivity contribution in [3.63, 3.8) is 0 Å². The number of ether oxygens (including phenoxy) is 1. The minimum Gasteiger partial charge on any atom is -0.488 e. The maximum Gasteiger partial charge on any atom is 0.190 e. The second-order valence-corrected chi connectivity index (χ2v) is 4.20. The number of benzene rings is 1. The van der Waals surface area contributed by atoms with Gasteiger partial charge in [0.15, 0.2) is 17.4 Å². The second kappa shape index (κ2) is 5.93. The van der Waals surface area contributed by atoms with Crippen LogP contribution in [-0.2, 0) is 0 Å². The molecule has 3 nitrogen and oxygen atoms in total. The number of para-hydroxylation sites is 1. The van der Waals surface area contributed by atoms with Crippen LogP contribution in [-0.4, -0.2) is 23.9 Å². The highest BCUT2D eigenvalue weighted by Crippen LogP contribution is 2.21. The SMILES string of the molecule is CC(O)(CN)CCCOc1c(F)cccc1F. The normalized spacial score (nSPS) is 14.4. The Balaban J connectivity index is 2.42. The van der Waals surface area contributed by atoms with Gasteiger partial charge in [-0.3, -0.25) is 0 Å². The lowest BCUT2D eigenvalue weighted by Gasteiger charge is -2.20. The van der Waals surface area contributed by atoms with Gasteiger partial charge in [0.25, 0.3) is 0 Å². The standard InChI is InChI=1S/C12H17F2NO2/c1-12(16,8-15)6-3-7-17-11-9(13)4-2-5-10(11)14/h2,4-5,16H,3,6-8,15H2,1H3. The van der Waals surface area contributed by atoms with Gasteiger partial charge in [-0.15, -0.1) is 0 Å². The molecule has 17 heavy (non-hydrogen) atoms. The Labute approximate surface area is 99.2 Å². The van der Waals surface area contributed by atoms with Crippen LogP contribution in [0.3, 0.4) is 0 Å². The summed E-state index contributed by atoms with van der Waals surface area (Å²) in [7, 11) is 0. The molecule has 3 N–H and O–H groups in total. The zero-order valence-corrected chi connectivity index (χ0v) is 9.75. The maximum absolute atomic E-state index is 13.1. The fourth-order valence-electron chi connectivity index (χ4n) is 1.35. The number of rotatable bonds is 6. The lowest BCUT2D eigenvalue weighted by molar-refractivity contribution is 0.0532. The molecule has 1 unspecified atom stereocenters. The van der Waals surface area contributed by atoms with Crippen LogP contribution in [0.5, 0.6) is 5.75 Å². The second-order valence-electron chi connectivity index (χ2n) is 4.20. The number of nitrogens with two attached hydrogens (primary N) is 1. The van der Waals surface area contributed by atoms with E-state index in [9.17, 15) is 13.9 Å². The molecule has 0 aliphatic carbocycles. The molecular formula is C12H17F2NO2. The molecule has 0 spiro atoms. The third-order valence-corrected chi connectivity index (χ3v) is 2.46. The highest BCUT2D eigenvalue weighted by Gasteiger charge is 2.17. The Bertz CT molecular complexity index is 349. The monoisotopic (exact) mass is 245 g/mol. The van der Waals surface area contributed by atoms with Crippen LogP contribution in [0.15, 0.2) is 18.2 Å². The molecule has 1 atom stereocenters. The van der Waals surface area contributed by atoms with Gasteiger partial charge in [-0.1, -0.05) is 6.07 Å². The van der Waals surface area contributed by atoms with E-state index in [1.54, 1.807) is 6.92 Å². The van der Waals surface area contributed by atoms with Crippen molar-refractivity contribution < 1.29 is 18.6 Å². The van der Waals surface area contributed by atoms with E-state index in [0.717, 1.165) is 12.1 Å². The Morgan fingerprint density at radius 2 is 1.94 bits per heavy atom. The van der Waals surface area contributed by atoms with E-state index in [4.69, 9.17) is 10.5 Å². The van der Waals surface area contributed by atoms with Crippen molar-refractivity contribution in [1.29, 1.82) is 0 Å². The molecule has 0 aliphatic heterocycles.